The number of carbonyl (C=O) groups excluding carboxylic acids is 1. The van der Waals surface area contributed by atoms with Crippen LogP contribution in [0.3, 0.4) is 0 Å². The molecule has 0 spiro atoms. The van der Waals surface area contributed by atoms with Crippen molar-refractivity contribution in [2.75, 3.05) is 7.11 Å². The van der Waals surface area contributed by atoms with Crippen LogP contribution < -0.4 is 4.74 Å². The number of rotatable bonds is 6. The fourth-order valence-corrected chi connectivity index (χ4v) is 1.80. The molecule has 1 aromatic heterocycles. The van der Waals surface area contributed by atoms with Crippen molar-refractivity contribution >= 4 is 5.97 Å². The van der Waals surface area contributed by atoms with E-state index in [2.05, 4.69) is 9.84 Å². The smallest absolute Gasteiger partial charge is 0.310 e. The molecule has 5 nitrogen and oxygen atoms in total. The van der Waals surface area contributed by atoms with Gasteiger partial charge in [0, 0.05) is 18.3 Å². The first-order valence-corrected chi connectivity index (χ1v) is 6.52. The van der Waals surface area contributed by atoms with Crippen LogP contribution in [0.2, 0.25) is 0 Å². The summed E-state index contributed by atoms with van der Waals surface area (Å²) in [7, 11) is 1.37. The van der Waals surface area contributed by atoms with Crippen molar-refractivity contribution in [2.24, 2.45) is 0 Å². The van der Waals surface area contributed by atoms with Gasteiger partial charge in [-0.1, -0.05) is 30.3 Å². The molecule has 0 aliphatic heterocycles. The van der Waals surface area contributed by atoms with Gasteiger partial charge in [-0.05, 0) is 12.5 Å². The van der Waals surface area contributed by atoms with E-state index >= 15 is 0 Å². The molecule has 0 amide bonds. The standard InChI is InChI=1S/C15H18N2O3/c1-3-17-10-13(9-14(18)19-2)15(16-17)20-11-12-7-5-4-6-8-12/h4-8,10H,3,9,11H2,1-2H3. The fraction of sp³-hybridized carbons (Fsp3) is 0.333. The second kappa shape index (κ2) is 6.75. The van der Waals surface area contributed by atoms with E-state index in [0.29, 0.717) is 12.5 Å². The van der Waals surface area contributed by atoms with Crippen molar-refractivity contribution < 1.29 is 14.3 Å². The second-order valence-electron chi connectivity index (χ2n) is 4.34. The lowest BCUT2D eigenvalue weighted by molar-refractivity contribution is -0.139. The molecule has 5 heteroatoms. The maximum atomic E-state index is 11.4. The number of hydrogen-bond donors (Lipinski definition) is 0. The summed E-state index contributed by atoms with van der Waals surface area (Å²) >= 11 is 0. The largest absolute Gasteiger partial charge is 0.472 e. The molecule has 20 heavy (non-hydrogen) atoms. The first-order chi connectivity index (χ1) is 9.72. The molecule has 0 N–H and O–H groups in total. The maximum absolute atomic E-state index is 11.4. The molecule has 0 unspecified atom stereocenters. The number of esters is 1. The highest BCUT2D eigenvalue weighted by Gasteiger charge is 2.14. The predicted octanol–water partition coefficient (Wildman–Crippen LogP) is 2.20. The average Bonchev–Trinajstić information content (AvgIpc) is 2.88. The van der Waals surface area contributed by atoms with Crippen molar-refractivity contribution in [3.8, 4) is 5.88 Å². The summed E-state index contributed by atoms with van der Waals surface area (Å²) in [6, 6.07) is 9.84. The normalized spacial score (nSPS) is 10.3. The van der Waals surface area contributed by atoms with Crippen molar-refractivity contribution in [3.63, 3.8) is 0 Å². The second-order valence-corrected chi connectivity index (χ2v) is 4.34. The quantitative estimate of drug-likeness (QED) is 0.758. The summed E-state index contributed by atoms with van der Waals surface area (Å²) in [6.45, 7) is 3.13. The van der Waals surface area contributed by atoms with E-state index < -0.39 is 0 Å². The van der Waals surface area contributed by atoms with E-state index in [1.807, 2.05) is 43.5 Å². The van der Waals surface area contributed by atoms with Gasteiger partial charge in [0.1, 0.15) is 6.61 Å². The van der Waals surface area contributed by atoms with Crippen molar-refractivity contribution in [1.29, 1.82) is 0 Å². The number of carbonyl (C=O) groups is 1. The van der Waals surface area contributed by atoms with Crippen LogP contribution in [0.1, 0.15) is 18.1 Å². The first kappa shape index (κ1) is 14.1. The lowest BCUT2D eigenvalue weighted by Gasteiger charge is -2.05. The zero-order chi connectivity index (χ0) is 14.4. The van der Waals surface area contributed by atoms with Crippen LogP contribution in [0.15, 0.2) is 36.5 Å². The van der Waals surface area contributed by atoms with E-state index in [1.165, 1.54) is 7.11 Å². The number of methoxy groups -OCH3 is 1. The summed E-state index contributed by atoms with van der Waals surface area (Å²) in [6.07, 6.45) is 1.98. The Bertz CT molecular complexity index is 564. The minimum absolute atomic E-state index is 0.167. The number of benzene rings is 1. The Kier molecular flexibility index (Phi) is 4.76. The van der Waals surface area contributed by atoms with E-state index in [0.717, 1.165) is 17.7 Å². The molecule has 0 saturated heterocycles. The molecular weight excluding hydrogens is 256 g/mol. The van der Waals surface area contributed by atoms with Gasteiger partial charge in [-0.15, -0.1) is 5.10 Å². The fourth-order valence-electron chi connectivity index (χ4n) is 1.80. The third kappa shape index (κ3) is 3.60. The van der Waals surface area contributed by atoms with Gasteiger partial charge in [0.25, 0.3) is 0 Å². The Hall–Kier alpha value is -2.30. The highest BCUT2D eigenvalue weighted by Crippen LogP contribution is 2.18. The molecule has 0 bridgehead atoms. The molecule has 0 fully saturated rings. The van der Waals surface area contributed by atoms with Gasteiger partial charge in [-0.2, -0.15) is 0 Å². The molecule has 106 valence electrons. The monoisotopic (exact) mass is 274 g/mol. The Morgan fingerprint density at radius 1 is 1.30 bits per heavy atom. The van der Waals surface area contributed by atoms with Crippen molar-refractivity contribution in [2.45, 2.75) is 26.5 Å². The van der Waals surface area contributed by atoms with Gasteiger partial charge >= 0.3 is 5.97 Å². The van der Waals surface area contributed by atoms with E-state index in [-0.39, 0.29) is 12.4 Å². The number of hydrogen-bond acceptors (Lipinski definition) is 4. The first-order valence-electron chi connectivity index (χ1n) is 6.52. The van der Waals surface area contributed by atoms with Crippen LogP contribution in [-0.2, 0) is 29.1 Å². The Morgan fingerprint density at radius 2 is 2.05 bits per heavy atom. The SMILES string of the molecule is CCn1cc(CC(=O)OC)c(OCc2ccccc2)n1. The van der Waals surface area contributed by atoms with Crippen LogP contribution in [0.4, 0.5) is 0 Å². The minimum atomic E-state index is -0.301. The maximum Gasteiger partial charge on any atom is 0.310 e. The van der Waals surface area contributed by atoms with Gasteiger partial charge in [-0.25, -0.2) is 0 Å². The number of aryl methyl sites for hydroxylation is 1. The Labute approximate surface area is 118 Å². The summed E-state index contributed by atoms with van der Waals surface area (Å²) in [5.74, 6) is 0.186. The van der Waals surface area contributed by atoms with Gasteiger partial charge in [0.05, 0.1) is 13.5 Å². The molecule has 2 rings (SSSR count). The van der Waals surface area contributed by atoms with Gasteiger partial charge < -0.3 is 9.47 Å². The predicted molar refractivity (Wildman–Crippen MR) is 74.4 cm³/mol. The lowest BCUT2D eigenvalue weighted by atomic mass is 10.2. The van der Waals surface area contributed by atoms with Crippen molar-refractivity contribution in [1.82, 2.24) is 9.78 Å². The summed E-state index contributed by atoms with van der Waals surface area (Å²) in [5.41, 5.74) is 1.80. The Balaban J connectivity index is 2.09. The minimum Gasteiger partial charge on any atom is -0.472 e. The summed E-state index contributed by atoms with van der Waals surface area (Å²) < 4.78 is 12.1. The number of aromatic nitrogens is 2. The van der Waals surface area contributed by atoms with E-state index in [4.69, 9.17) is 4.74 Å². The molecule has 0 radical (unpaired) electrons. The molecule has 0 aliphatic carbocycles. The van der Waals surface area contributed by atoms with Crippen LogP contribution in [0, 0.1) is 0 Å². The van der Waals surface area contributed by atoms with Crippen molar-refractivity contribution in [3.05, 3.63) is 47.7 Å². The zero-order valence-corrected chi connectivity index (χ0v) is 11.7. The average molecular weight is 274 g/mol. The number of ether oxygens (including phenoxy) is 2. The molecule has 0 atom stereocenters. The summed E-state index contributed by atoms with van der Waals surface area (Å²) in [4.78, 5) is 11.4. The van der Waals surface area contributed by atoms with Gasteiger partial charge in [0.2, 0.25) is 5.88 Å². The molecule has 0 saturated carbocycles. The van der Waals surface area contributed by atoms with E-state index in [1.54, 1.807) is 4.68 Å². The van der Waals surface area contributed by atoms with Crippen LogP contribution >= 0.6 is 0 Å². The third-order valence-corrected chi connectivity index (χ3v) is 2.90. The lowest BCUT2D eigenvalue weighted by Crippen LogP contribution is -2.05. The molecule has 0 aliphatic rings. The van der Waals surface area contributed by atoms with Crippen LogP contribution in [0.5, 0.6) is 5.88 Å². The molecule has 2 aromatic rings. The zero-order valence-electron chi connectivity index (χ0n) is 11.7. The third-order valence-electron chi connectivity index (χ3n) is 2.90. The highest BCUT2D eigenvalue weighted by molar-refractivity contribution is 5.73. The molecular formula is C15H18N2O3. The van der Waals surface area contributed by atoms with Gasteiger partial charge in [0.15, 0.2) is 0 Å². The number of nitrogens with zero attached hydrogens (tertiary/aromatic N) is 2. The summed E-state index contributed by atoms with van der Waals surface area (Å²) in [5, 5.41) is 4.32. The highest BCUT2D eigenvalue weighted by atomic mass is 16.5. The topological polar surface area (TPSA) is 53.4 Å². The van der Waals surface area contributed by atoms with Gasteiger partial charge in [-0.3, -0.25) is 9.48 Å². The molecule has 1 heterocycles. The Morgan fingerprint density at radius 3 is 2.70 bits per heavy atom. The molecule has 1 aromatic carbocycles. The van der Waals surface area contributed by atoms with Crippen LogP contribution in [-0.4, -0.2) is 22.9 Å². The van der Waals surface area contributed by atoms with E-state index in [9.17, 15) is 4.79 Å². The van der Waals surface area contributed by atoms with Crippen LogP contribution in [0.25, 0.3) is 0 Å².